The van der Waals surface area contributed by atoms with Crippen molar-refractivity contribution in [2.45, 2.75) is 25.0 Å². The van der Waals surface area contributed by atoms with Crippen LogP contribution in [0, 0.1) is 0 Å². The first-order valence-corrected chi connectivity index (χ1v) is 9.70. The summed E-state index contributed by atoms with van der Waals surface area (Å²) in [6.07, 6.45) is 1.64. The van der Waals surface area contributed by atoms with Crippen LogP contribution in [-0.2, 0) is 14.3 Å². The molecule has 4 rings (SSSR count). The van der Waals surface area contributed by atoms with Crippen LogP contribution in [0.4, 0.5) is 0 Å². The largest absolute Gasteiger partial charge is 0.507 e. The monoisotopic (exact) mass is 393 g/mol. The van der Waals surface area contributed by atoms with Gasteiger partial charge < -0.3 is 19.5 Å². The third kappa shape index (κ3) is 3.51. The van der Waals surface area contributed by atoms with E-state index in [9.17, 15) is 14.7 Å². The first-order chi connectivity index (χ1) is 14.1. The van der Waals surface area contributed by atoms with E-state index in [2.05, 4.69) is 0 Å². The predicted molar refractivity (Wildman–Crippen MR) is 107 cm³/mol. The number of aliphatic hydroxyl groups excluding tert-OH is 1. The van der Waals surface area contributed by atoms with Crippen LogP contribution in [0.25, 0.3) is 5.76 Å². The van der Waals surface area contributed by atoms with Gasteiger partial charge in [0.25, 0.3) is 11.7 Å². The Balaban J connectivity index is 1.86. The average Bonchev–Trinajstić information content (AvgIpc) is 3.36. The van der Waals surface area contributed by atoms with E-state index >= 15 is 0 Å². The van der Waals surface area contributed by atoms with E-state index in [1.54, 1.807) is 37.4 Å². The number of methoxy groups -OCH3 is 1. The summed E-state index contributed by atoms with van der Waals surface area (Å²) >= 11 is 0. The fourth-order valence-electron chi connectivity index (χ4n) is 4.04. The molecule has 0 bridgehead atoms. The zero-order valence-corrected chi connectivity index (χ0v) is 16.2. The van der Waals surface area contributed by atoms with Crippen LogP contribution in [0.15, 0.2) is 60.2 Å². The van der Waals surface area contributed by atoms with Crippen molar-refractivity contribution in [3.05, 3.63) is 71.3 Å². The molecule has 2 saturated heterocycles. The molecule has 2 atom stereocenters. The second-order valence-electron chi connectivity index (χ2n) is 7.19. The van der Waals surface area contributed by atoms with E-state index in [0.717, 1.165) is 12.8 Å². The SMILES string of the molecule is COc1ccccc1[C@@H]1C(=C(O)c2ccccc2)C(=O)C(=O)N1C[C@@H]1CCCO1. The van der Waals surface area contributed by atoms with Gasteiger partial charge in [-0.2, -0.15) is 0 Å². The molecule has 1 amide bonds. The molecule has 0 aromatic heterocycles. The number of rotatable bonds is 5. The van der Waals surface area contributed by atoms with Crippen molar-refractivity contribution in [1.29, 1.82) is 0 Å². The van der Waals surface area contributed by atoms with Crippen molar-refractivity contribution in [3.63, 3.8) is 0 Å². The highest BCUT2D eigenvalue weighted by Gasteiger charge is 2.47. The summed E-state index contributed by atoms with van der Waals surface area (Å²) in [6, 6.07) is 15.3. The topological polar surface area (TPSA) is 76.1 Å². The summed E-state index contributed by atoms with van der Waals surface area (Å²) in [4.78, 5) is 27.5. The van der Waals surface area contributed by atoms with Gasteiger partial charge in [-0.15, -0.1) is 0 Å². The van der Waals surface area contributed by atoms with Crippen molar-refractivity contribution in [3.8, 4) is 5.75 Å². The third-order valence-corrected chi connectivity index (χ3v) is 5.45. The Hall–Kier alpha value is -3.12. The van der Waals surface area contributed by atoms with E-state index in [1.165, 1.54) is 4.90 Å². The van der Waals surface area contributed by atoms with Crippen LogP contribution in [0.5, 0.6) is 5.75 Å². The average molecular weight is 393 g/mol. The molecular formula is C23H23NO5. The highest BCUT2D eigenvalue weighted by Crippen LogP contribution is 2.43. The van der Waals surface area contributed by atoms with Crippen molar-refractivity contribution >= 4 is 17.4 Å². The maximum atomic E-state index is 13.0. The van der Waals surface area contributed by atoms with Gasteiger partial charge in [-0.1, -0.05) is 48.5 Å². The molecule has 150 valence electrons. The smallest absolute Gasteiger partial charge is 0.295 e. The molecule has 2 heterocycles. The van der Waals surface area contributed by atoms with E-state index in [-0.39, 0.29) is 17.4 Å². The second-order valence-corrected chi connectivity index (χ2v) is 7.19. The molecule has 2 aromatic rings. The number of Topliss-reactive ketones (excluding diaryl/α,β-unsaturated/α-hetero) is 1. The van der Waals surface area contributed by atoms with Crippen LogP contribution < -0.4 is 4.74 Å². The lowest BCUT2D eigenvalue weighted by Crippen LogP contribution is -2.36. The molecule has 2 aliphatic rings. The number of ether oxygens (including phenoxy) is 2. The number of ketones is 1. The normalized spacial score (nSPS) is 23.6. The minimum absolute atomic E-state index is 0.0729. The van der Waals surface area contributed by atoms with Crippen molar-refractivity contribution in [2.24, 2.45) is 0 Å². The molecule has 2 fully saturated rings. The van der Waals surface area contributed by atoms with Crippen molar-refractivity contribution in [2.75, 3.05) is 20.3 Å². The lowest BCUT2D eigenvalue weighted by atomic mass is 9.94. The van der Waals surface area contributed by atoms with Crippen molar-refractivity contribution < 1.29 is 24.2 Å². The number of nitrogens with zero attached hydrogens (tertiary/aromatic N) is 1. The Morgan fingerprint density at radius 1 is 1.14 bits per heavy atom. The van der Waals surface area contributed by atoms with Gasteiger partial charge >= 0.3 is 0 Å². The standard InChI is InChI=1S/C23H23NO5/c1-28-18-12-6-5-11-17(18)20-19(21(25)15-8-3-2-4-9-15)22(26)23(27)24(20)14-16-10-7-13-29-16/h2-6,8-9,11-12,16,20,25H,7,10,13-14H2,1H3/t16-,20+/m0/s1. The quantitative estimate of drug-likeness (QED) is 0.479. The molecule has 0 aliphatic carbocycles. The van der Waals surface area contributed by atoms with Gasteiger partial charge in [-0.3, -0.25) is 9.59 Å². The van der Waals surface area contributed by atoms with Crippen LogP contribution >= 0.6 is 0 Å². The number of hydrogen-bond acceptors (Lipinski definition) is 5. The van der Waals surface area contributed by atoms with E-state index in [4.69, 9.17) is 9.47 Å². The Bertz CT molecular complexity index is 947. The highest BCUT2D eigenvalue weighted by molar-refractivity contribution is 6.46. The molecule has 6 nitrogen and oxygen atoms in total. The summed E-state index contributed by atoms with van der Waals surface area (Å²) in [5.41, 5.74) is 1.22. The number of hydrogen-bond donors (Lipinski definition) is 1. The number of carbonyl (C=O) groups excluding carboxylic acids is 2. The summed E-state index contributed by atoms with van der Waals surface area (Å²) in [5.74, 6) is -0.959. The zero-order chi connectivity index (χ0) is 20.4. The van der Waals surface area contributed by atoms with Crippen LogP contribution in [0.2, 0.25) is 0 Å². The summed E-state index contributed by atoms with van der Waals surface area (Å²) in [7, 11) is 1.54. The number of benzene rings is 2. The van der Waals surface area contributed by atoms with Gasteiger partial charge in [0.1, 0.15) is 11.5 Å². The number of amides is 1. The molecule has 1 N–H and O–H groups in total. The molecule has 0 saturated carbocycles. The summed E-state index contributed by atoms with van der Waals surface area (Å²) < 4.78 is 11.2. The van der Waals surface area contributed by atoms with Gasteiger partial charge in [0.05, 0.1) is 24.8 Å². The van der Waals surface area contributed by atoms with E-state index in [0.29, 0.717) is 30.0 Å². The second kappa shape index (κ2) is 8.09. The maximum Gasteiger partial charge on any atom is 0.295 e. The Kier molecular flexibility index (Phi) is 5.36. The van der Waals surface area contributed by atoms with Gasteiger partial charge in [0.2, 0.25) is 0 Å². The van der Waals surface area contributed by atoms with Gasteiger partial charge in [0, 0.05) is 24.3 Å². The summed E-state index contributed by atoms with van der Waals surface area (Å²) in [6.45, 7) is 0.941. The summed E-state index contributed by atoms with van der Waals surface area (Å²) in [5, 5.41) is 11.0. The Morgan fingerprint density at radius 3 is 2.55 bits per heavy atom. The molecule has 29 heavy (non-hydrogen) atoms. The number of likely N-dealkylation sites (tertiary alicyclic amines) is 1. The Labute approximate surface area is 169 Å². The lowest BCUT2D eigenvalue weighted by molar-refractivity contribution is -0.140. The predicted octanol–water partition coefficient (Wildman–Crippen LogP) is 3.30. The molecule has 0 unspecified atom stereocenters. The molecule has 6 heteroatoms. The minimum Gasteiger partial charge on any atom is -0.507 e. The van der Waals surface area contributed by atoms with Gasteiger partial charge in [0.15, 0.2) is 0 Å². The Morgan fingerprint density at radius 2 is 1.86 bits per heavy atom. The number of aliphatic hydroxyl groups is 1. The van der Waals surface area contributed by atoms with Gasteiger partial charge in [-0.05, 0) is 18.9 Å². The van der Waals surface area contributed by atoms with Crippen LogP contribution in [0.1, 0.15) is 30.0 Å². The van der Waals surface area contributed by atoms with Crippen molar-refractivity contribution in [1.82, 2.24) is 4.90 Å². The highest BCUT2D eigenvalue weighted by atomic mass is 16.5. The van der Waals surface area contributed by atoms with Crippen LogP contribution in [-0.4, -0.2) is 48.1 Å². The molecule has 0 radical (unpaired) electrons. The molecule has 2 aromatic carbocycles. The van der Waals surface area contributed by atoms with E-state index < -0.39 is 17.7 Å². The fraction of sp³-hybridized carbons (Fsp3) is 0.304. The third-order valence-electron chi connectivity index (χ3n) is 5.45. The minimum atomic E-state index is -0.740. The number of para-hydroxylation sites is 1. The maximum absolute atomic E-state index is 13.0. The lowest BCUT2D eigenvalue weighted by Gasteiger charge is -2.28. The first kappa shape index (κ1) is 19.2. The van der Waals surface area contributed by atoms with Crippen LogP contribution in [0.3, 0.4) is 0 Å². The first-order valence-electron chi connectivity index (χ1n) is 9.70. The molecular weight excluding hydrogens is 370 g/mol. The molecule has 0 spiro atoms. The molecule has 2 aliphatic heterocycles. The number of carbonyl (C=O) groups is 2. The zero-order valence-electron chi connectivity index (χ0n) is 16.2. The van der Waals surface area contributed by atoms with E-state index in [1.807, 2.05) is 24.3 Å². The van der Waals surface area contributed by atoms with Gasteiger partial charge in [-0.25, -0.2) is 0 Å². The fourth-order valence-corrected chi connectivity index (χ4v) is 4.04.